The van der Waals surface area contributed by atoms with Gasteiger partial charge in [0.15, 0.2) is 0 Å². The molecule has 1 fully saturated rings. The number of carbonyl (C=O) groups excluding carboxylic acids is 1. The largest absolute Gasteiger partial charge is 0.468 e. The van der Waals surface area contributed by atoms with Gasteiger partial charge in [0, 0.05) is 25.2 Å². The quantitative estimate of drug-likeness (QED) is 0.705. The van der Waals surface area contributed by atoms with Crippen LogP contribution >= 0.6 is 0 Å². The molecule has 0 saturated carbocycles. The number of rotatable bonds is 7. The molecule has 5 nitrogen and oxygen atoms in total. The van der Waals surface area contributed by atoms with Gasteiger partial charge in [-0.25, -0.2) is 0 Å². The molecule has 1 heterocycles. The Morgan fingerprint density at radius 2 is 2.15 bits per heavy atom. The lowest BCUT2D eigenvalue weighted by molar-refractivity contribution is -0.149. The van der Waals surface area contributed by atoms with Crippen molar-refractivity contribution in [2.24, 2.45) is 0 Å². The molecule has 1 N–H and O–H groups in total. The smallest absolute Gasteiger partial charge is 0.327 e. The predicted molar refractivity (Wildman–Crippen MR) is 81.8 cm³/mol. The van der Waals surface area contributed by atoms with E-state index in [0.717, 1.165) is 13.1 Å². The lowest BCUT2D eigenvalue weighted by atomic mass is 9.99. The molecular weight excluding hydrogens is 254 g/mol. The number of ether oxygens (including phenoxy) is 1. The number of hydrogen-bond donors (Lipinski definition) is 1. The summed E-state index contributed by atoms with van der Waals surface area (Å²) in [5.74, 6) is -0.179. The number of likely N-dealkylation sites (tertiary alicyclic amines) is 1. The zero-order chi connectivity index (χ0) is 15.3. The van der Waals surface area contributed by atoms with E-state index in [1.807, 2.05) is 6.92 Å². The van der Waals surface area contributed by atoms with Crippen LogP contribution < -0.4 is 5.32 Å². The molecular formula is C15H31N3O2. The zero-order valence-corrected chi connectivity index (χ0v) is 13.9. The molecule has 1 aliphatic heterocycles. The highest BCUT2D eigenvalue weighted by Gasteiger charge is 2.39. The van der Waals surface area contributed by atoms with Crippen molar-refractivity contribution in [2.45, 2.75) is 51.2 Å². The fourth-order valence-corrected chi connectivity index (χ4v) is 3.17. The van der Waals surface area contributed by atoms with Crippen LogP contribution in [-0.4, -0.2) is 74.2 Å². The Morgan fingerprint density at radius 1 is 1.50 bits per heavy atom. The molecule has 1 aliphatic rings. The minimum Gasteiger partial charge on any atom is -0.468 e. The number of esters is 1. The molecule has 2 atom stereocenters. The van der Waals surface area contributed by atoms with E-state index in [1.165, 1.54) is 20.0 Å². The summed E-state index contributed by atoms with van der Waals surface area (Å²) in [6.45, 7) is 8.87. The first kappa shape index (κ1) is 17.4. The van der Waals surface area contributed by atoms with E-state index in [9.17, 15) is 4.79 Å². The molecule has 1 rings (SSSR count). The van der Waals surface area contributed by atoms with Crippen molar-refractivity contribution in [2.75, 3.05) is 40.8 Å². The van der Waals surface area contributed by atoms with Crippen molar-refractivity contribution in [1.29, 1.82) is 0 Å². The van der Waals surface area contributed by atoms with Crippen LogP contribution in [0.15, 0.2) is 0 Å². The van der Waals surface area contributed by atoms with E-state index in [4.69, 9.17) is 4.74 Å². The number of carbonyl (C=O) groups is 1. The van der Waals surface area contributed by atoms with Crippen LogP contribution in [0.4, 0.5) is 0 Å². The average molecular weight is 285 g/mol. The number of nitrogens with zero attached hydrogens (tertiary/aromatic N) is 2. The molecule has 5 heteroatoms. The third kappa shape index (κ3) is 4.72. The van der Waals surface area contributed by atoms with Crippen LogP contribution in [0.25, 0.3) is 0 Å². The predicted octanol–water partition coefficient (Wildman–Crippen LogP) is 0.942. The second-order valence-corrected chi connectivity index (χ2v) is 6.65. The van der Waals surface area contributed by atoms with Gasteiger partial charge in [0.1, 0.15) is 5.54 Å². The second kappa shape index (κ2) is 7.38. The normalized spacial score (nSPS) is 23.3. The third-order valence-corrected chi connectivity index (χ3v) is 3.84. The average Bonchev–Trinajstić information content (AvgIpc) is 2.73. The Hall–Kier alpha value is -0.650. The first-order valence-corrected chi connectivity index (χ1v) is 7.53. The van der Waals surface area contributed by atoms with E-state index in [2.05, 4.69) is 43.1 Å². The second-order valence-electron chi connectivity index (χ2n) is 6.65. The fourth-order valence-electron chi connectivity index (χ4n) is 3.17. The lowest BCUT2D eigenvalue weighted by Gasteiger charge is -2.37. The fraction of sp³-hybridized carbons (Fsp3) is 0.933. The van der Waals surface area contributed by atoms with Crippen LogP contribution in [0.1, 0.15) is 33.6 Å². The molecule has 2 unspecified atom stereocenters. The molecule has 0 amide bonds. The van der Waals surface area contributed by atoms with Gasteiger partial charge >= 0.3 is 5.97 Å². The molecule has 0 spiro atoms. The standard InChI is InChI=1S/C15H31N3O2/c1-12(2)16-15(3,14(19)20-6)11-18-9-7-8-13(18)10-17(4)5/h12-13,16H,7-11H2,1-6H3. The van der Waals surface area contributed by atoms with Crippen molar-refractivity contribution in [3.8, 4) is 0 Å². The van der Waals surface area contributed by atoms with Gasteiger partial charge in [-0.2, -0.15) is 0 Å². The summed E-state index contributed by atoms with van der Waals surface area (Å²) in [6.07, 6.45) is 2.41. The molecule has 118 valence electrons. The highest BCUT2D eigenvalue weighted by atomic mass is 16.5. The molecule has 1 saturated heterocycles. The lowest BCUT2D eigenvalue weighted by Crippen LogP contribution is -2.60. The SMILES string of the molecule is COC(=O)C(C)(CN1CCCC1CN(C)C)NC(C)C. The minimum atomic E-state index is -0.641. The van der Waals surface area contributed by atoms with Crippen molar-refractivity contribution in [3.05, 3.63) is 0 Å². The van der Waals surface area contributed by atoms with Crippen LogP contribution in [-0.2, 0) is 9.53 Å². The Labute approximate surface area is 123 Å². The van der Waals surface area contributed by atoms with Gasteiger partial charge in [-0.3, -0.25) is 15.0 Å². The van der Waals surface area contributed by atoms with Gasteiger partial charge in [0.2, 0.25) is 0 Å². The van der Waals surface area contributed by atoms with E-state index < -0.39 is 5.54 Å². The maximum atomic E-state index is 12.2. The van der Waals surface area contributed by atoms with Gasteiger partial charge in [0.05, 0.1) is 7.11 Å². The van der Waals surface area contributed by atoms with Crippen LogP contribution in [0.5, 0.6) is 0 Å². The van der Waals surface area contributed by atoms with Crippen molar-refractivity contribution >= 4 is 5.97 Å². The van der Waals surface area contributed by atoms with Crippen molar-refractivity contribution in [1.82, 2.24) is 15.1 Å². The maximum Gasteiger partial charge on any atom is 0.327 e. The van der Waals surface area contributed by atoms with Crippen molar-refractivity contribution in [3.63, 3.8) is 0 Å². The number of likely N-dealkylation sites (N-methyl/N-ethyl adjacent to an activating group) is 1. The first-order chi connectivity index (χ1) is 9.28. The van der Waals surface area contributed by atoms with Gasteiger partial charge < -0.3 is 9.64 Å². The molecule has 0 aromatic heterocycles. The maximum absolute atomic E-state index is 12.2. The molecule has 20 heavy (non-hydrogen) atoms. The summed E-state index contributed by atoms with van der Waals surface area (Å²) in [6, 6.07) is 0.775. The van der Waals surface area contributed by atoms with Crippen LogP contribution in [0.3, 0.4) is 0 Å². The van der Waals surface area contributed by atoms with E-state index in [1.54, 1.807) is 0 Å². The topological polar surface area (TPSA) is 44.8 Å². The van der Waals surface area contributed by atoms with Gasteiger partial charge in [-0.05, 0) is 54.3 Å². The molecule has 0 aromatic rings. The van der Waals surface area contributed by atoms with Crippen LogP contribution in [0.2, 0.25) is 0 Å². The van der Waals surface area contributed by atoms with E-state index in [0.29, 0.717) is 12.6 Å². The third-order valence-electron chi connectivity index (χ3n) is 3.84. The zero-order valence-electron chi connectivity index (χ0n) is 13.9. The minimum absolute atomic E-state index is 0.179. The summed E-state index contributed by atoms with van der Waals surface area (Å²) < 4.78 is 5.00. The molecule has 0 radical (unpaired) electrons. The van der Waals surface area contributed by atoms with Gasteiger partial charge in [-0.1, -0.05) is 0 Å². The summed E-state index contributed by atoms with van der Waals surface area (Å²) >= 11 is 0. The summed E-state index contributed by atoms with van der Waals surface area (Å²) in [4.78, 5) is 16.8. The molecule has 0 bridgehead atoms. The van der Waals surface area contributed by atoms with Crippen molar-refractivity contribution < 1.29 is 9.53 Å². The Bertz CT molecular complexity index is 320. The van der Waals surface area contributed by atoms with E-state index in [-0.39, 0.29) is 12.0 Å². The van der Waals surface area contributed by atoms with Gasteiger partial charge in [-0.15, -0.1) is 0 Å². The first-order valence-electron chi connectivity index (χ1n) is 7.53. The molecule has 0 aliphatic carbocycles. The summed E-state index contributed by atoms with van der Waals surface area (Å²) in [5.41, 5.74) is -0.641. The summed E-state index contributed by atoms with van der Waals surface area (Å²) in [5, 5.41) is 3.38. The highest BCUT2D eigenvalue weighted by molar-refractivity contribution is 5.80. The molecule has 0 aromatic carbocycles. The summed E-state index contributed by atoms with van der Waals surface area (Å²) in [7, 11) is 5.66. The Kier molecular flexibility index (Phi) is 6.43. The number of nitrogens with one attached hydrogen (secondary N) is 1. The van der Waals surface area contributed by atoms with Gasteiger partial charge in [0.25, 0.3) is 0 Å². The Balaban J connectivity index is 2.75. The number of methoxy groups -OCH3 is 1. The monoisotopic (exact) mass is 285 g/mol. The number of hydrogen-bond acceptors (Lipinski definition) is 5. The van der Waals surface area contributed by atoms with Crippen LogP contribution in [0, 0.1) is 0 Å². The van der Waals surface area contributed by atoms with E-state index >= 15 is 0 Å². The highest BCUT2D eigenvalue weighted by Crippen LogP contribution is 2.21. The Morgan fingerprint density at radius 3 is 2.65 bits per heavy atom.